The van der Waals surface area contributed by atoms with Gasteiger partial charge in [-0.2, -0.15) is 0 Å². The Hall–Kier alpha value is -7.10. The second-order valence-electron chi connectivity index (χ2n) is 13.4. The standard InChI is InChI=1S/C50H32N2O/c1-2-11-40(12-3-1)50-51-45(32-46(52-50)39-30-26-36(27-31-39)42-16-8-13-35-10-4-5-14-41(35)42)38-28-22-34(23-29-38)33-20-24-37(25-21-33)43-17-9-19-48-49(43)44-15-6-7-18-47(44)53-48/h1-32H. The maximum atomic E-state index is 6.15. The lowest BCUT2D eigenvalue weighted by molar-refractivity contribution is 0.669. The van der Waals surface area contributed by atoms with Gasteiger partial charge in [0.1, 0.15) is 11.2 Å². The van der Waals surface area contributed by atoms with Gasteiger partial charge in [-0.05, 0) is 62.4 Å². The van der Waals surface area contributed by atoms with Gasteiger partial charge in [-0.1, -0.05) is 176 Å². The molecule has 10 rings (SSSR count). The summed E-state index contributed by atoms with van der Waals surface area (Å²) in [4.78, 5) is 10.1. The average Bonchev–Trinajstić information content (AvgIpc) is 3.63. The molecule has 0 saturated heterocycles. The van der Waals surface area contributed by atoms with Gasteiger partial charge >= 0.3 is 0 Å². The summed E-state index contributed by atoms with van der Waals surface area (Å²) in [5, 5.41) is 4.78. The Morgan fingerprint density at radius 1 is 0.321 bits per heavy atom. The third-order valence-electron chi connectivity index (χ3n) is 10.2. The SMILES string of the molecule is c1ccc(-c2nc(-c3ccc(-c4ccc(-c5cccc6oc7ccccc7c56)cc4)cc3)cc(-c3ccc(-c4cccc5ccccc45)cc3)n2)cc1. The van der Waals surface area contributed by atoms with Crippen molar-refractivity contribution in [3.63, 3.8) is 0 Å². The largest absolute Gasteiger partial charge is 0.456 e. The van der Waals surface area contributed by atoms with Gasteiger partial charge in [-0.15, -0.1) is 0 Å². The van der Waals surface area contributed by atoms with Crippen LogP contribution < -0.4 is 0 Å². The van der Waals surface area contributed by atoms with Crippen LogP contribution in [0.2, 0.25) is 0 Å². The van der Waals surface area contributed by atoms with Crippen LogP contribution in [0, 0.1) is 0 Å². The molecular weight excluding hydrogens is 645 g/mol. The molecule has 0 saturated carbocycles. The number of hydrogen-bond acceptors (Lipinski definition) is 3. The van der Waals surface area contributed by atoms with E-state index in [2.05, 4.69) is 158 Å². The normalized spacial score (nSPS) is 11.4. The van der Waals surface area contributed by atoms with Crippen LogP contribution in [0.4, 0.5) is 0 Å². The minimum Gasteiger partial charge on any atom is -0.456 e. The molecule has 0 bridgehead atoms. The number of rotatable bonds is 6. The predicted molar refractivity (Wildman–Crippen MR) is 219 cm³/mol. The second kappa shape index (κ2) is 12.9. The maximum absolute atomic E-state index is 6.15. The highest BCUT2D eigenvalue weighted by atomic mass is 16.3. The van der Waals surface area contributed by atoms with E-state index >= 15 is 0 Å². The zero-order valence-corrected chi connectivity index (χ0v) is 28.8. The van der Waals surface area contributed by atoms with Gasteiger partial charge in [-0.25, -0.2) is 9.97 Å². The van der Waals surface area contributed by atoms with Crippen LogP contribution in [0.25, 0.3) is 100.0 Å². The Kier molecular flexibility index (Phi) is 7.47. The third-order valence-corrected chi connectivity index (χ3v) is 10.2. The summed E-state index contributed by atoms with van der Waals surface area (Å²) in [6.45, 7) is 0. The molecule has 0 aliphatic rings. The minimum atomic E-state index is 0.705. The minimum absolute atomic E-state index is 0.705. The van der Waals surface area contributed by atoms with E-state index < -0.39 is 0 Å². The fourth-order valence-corrected chi connectivity index (χ4v) is 7.45. The monoisotopic (exact) mass is 676 g/mol. The first-order chi connectivity index (χ1) is 26.2. The molecule has 0 N–H and O–H groups in total. The summed E-state index contributed by atoms with van der Waals surface area (Å²) in [6, 6.07) is 68.0. The van der Waals surface area contributed by atoms with E-state index in [0.717, 1.165) is 66.7 Å². The van der Waals surface area contributed by atoms with E-state index in [1.165, 1.54) is 27.5 Å². The molecule has 10 aromatic rings. The molecule has 0 aliphatic heterocycles. The summed E-state index contributed by atoms with van der Waals surface area (Å²) in [5.74, 6) is 0.705. The van der Waals surface area contributed by atoms with Crippen LogP contribution in [0.3, 0.4) is 0 Å². The molecule has 0 spiro atoms. The Bertz CT molecular complexity index is 2900. The average molecular weight is 677 g/mol. The molecule has 8 aromatic carbocycles. The van der Waals surface area contributed by atoms with Crippen molar-refractivity contribution in [2.45, 2.75) is 0 Å². The number of hydrogen-bond donors (Lipinski definition) is 0. The number of para-hydroxylation sites is 1. The maximum Gasteiger partial charge on any atom is 0.160 e. The summed E-state index contributed by atoms with van der Waals surface area (Å²) in [6.07, 6.45) is 0. The first-order valence-corrected chi connectivity index (χ1v) is 17.9. The number of benzene rings is 8. The summed E-state index contributed by atoms with van der Waals surface area (Å²) in [5.41, 5.74) is 13.7. The van der Waals surface area contributed by atoms with Crippen molar-refractivity contribution < 1.29 is 4.42 Å². The van der Waals surface area contributed by atoms with Crippen molar-refractivity contribution in [3.8, 4) is 67.3 Å². The Morgan fingerprint density at radius 2 is 0.811 bits per heavy atom. The molecule has 53 heavy (non-hydrogen) atoms. The number of furan rings is 1. The van der Waals surface area contributed by atoms with E-state index in [4.69, 9.17) is 14.4 Å². The van der Waals surface area contributed by atoms with Gasteiger partial charge in [0.2, 0.25) is 0 Å². The van der Waals surface area contributed by atoms with Crippen molar-refractivity contribution in [3.05, 3.63) is 194 Å². The third kappa shape index (κ3) is 5.65. The molecule has 0 radical (unpaired) electrons. The van der Waals surface area contributed by atoms with E-state index in [1.807, 2.05) is 36.4 Å². The van der Waals surface area contributed by atoms with Crippen molar-refractivity contribution >= 4 is 32.7 Å². The zero-order chi connectivity index (χ0) is 35.1. The van der Waals surface area contributed by atoms with Gasteiger partial charge in [-0.3, -0.25) is 0 Å². The van der Waals surface area contributed by atoms with E-state index in [-0.39, 0.29) is 0 Å². The molecule has 0 amide bonds. The molecule has 2 heterocycles. The highest BCUT2D eigenvalue weighted by molar-refractivity contribution is 6.12. The summed E-state index contributed by atoms with van der Waals surface area (Å²) >= 11 is 0. The molecule has 0 fully saturated rings. The molecule has 0 aliphatic carbocycles. The number of nitrogens with zero attached hydrogens (tertiary/aromatic N) is 2. The van der Waals surface area contributed by atoms with Crippen LogP contribution in [-0.2, 0) is 0 Å². The molecule has 0 unspecified atom stereocenters. The summed E-state index contributed by atoms with van der Waals surface area (Å²) in [7, 11) is 0. The van der Waals surface area contributed by atoms with Gasteiger partial charge in [0, 0.05) is 27.5 Å². The summed E-state index contributed by atoms with van der Waals surface area (Å²) < 4.78 is 6.15. The second-order valence-corrected chi connectivity index (χ2v) is 13.4. The van der Waals surface area contributed by atoms with Crippen LogP contribution in [0.1, 0.15) is 0 Å². The van der Waals surface area contributed by atoms with E-state index in [1.54, 1.807) is 0 Å². The van der Waals surface area contributed by atoms with Crippen LogP contribution in [0.5, 0.6) is 0 Å². The Morgan fingerprint density at radius 3 is 1.51 bits per heavy atom. The lowest BCUT2D eigenvalue weighted by Gasteiger charge is -2.11. The van der Waals surface area contributed by atoms with Gasteiger partial charge in [0.15, 0.2) is 5.82 Å². The first kappa shape index (κ1) is 30.7. The highest BCUT2D eigenvalue weighted by Crippen LogP contribution is 2.38. The van der Waals surface area contributed by atoms with Gasteiger partial charge in [0.25, 0.3) is 0 Å². The fraction of sp³-hybridized carbons (Fsp3) is 0. The van der Waals surface area contributed by atoms with Crippen LogP contribution in [0.15, 0.2) is 199 Å². The molecule has 3 heteroatoms. The topological polar surface area (TPSA) is 38.9 Å². The highest BCUT2D eigenvalue weighted by Gasteiger charge is 2.14. The van der Waals surface area contributed by atoms with E-state index in [0.29, 0.717) is 5.82 Å². The van der Waals surface area contributed by atoms with Gasteiger partial charge < -0.3 is 4.42 Å². The van der Waals surface area contributed by atoms with Crippen molar-refractivity contribution in [1.82, 2.24) is 9.97 Å². The Labute approximate surface area is 307 Å². The predicted octanol–water partition coefficient (Wildman–Crippen LogP) is 13.5. The number of aromatic nitrogens is 2. The van der Waals surface area contributed by atoms with Crippen molar-refractivity contribution in [2.24, 2.45) is 0 Å². The smallest absolute Gasteiger partial charge is 0.160 e. The van der Waals surface area contributed by atoms with E-state index in [9.17, 15) is 0 Å². The zero-order valence-electron chi connectivity index (χ0n) is 28.8. The molecule has 248 valence electrons. The molecule has 2 aromatic heterocycles. The van der Waals surface area contributed by atoms with Crippen molar-refractivity contribution in [2.75, 3.05) is 0 Å². The Balaban J connectivity index is 0.977. The lowest BCUT2D eigenvalue weighted by Crippen LogP contribution is -1.96. The fourth-order valence-electron chi connectivity index (χ4n) is 7.45. The molecule has 0 atom stereocenters. The number of fused-ring (bicyclic) bond motifs is 4. The van der Waals surface area contributed by atoms with Crippen LogP contribution in [-0.4, -0.2) is 9.97 Å². The van der Waals surface area contributed by atoms with Crippen molar-refractivity contribution in [1.29, 1.82) is 0 Å². The van der Waals surface area contributed by atoms with Crippen LogP contribution >= 0.6 is 0 Å². The van der Waals surface area contributed by atoms with Gasteiger partial charge in [0.05, 0.1) is 11.4 Å². The first-order valence-electron chi connectivity index (χ1n) is 17.9. The molecule has 3 nitrogen and oxygen atoms in total. The molecular formula is C50H32N2O. The quantitative estimate of drug-likeness (QED) is 0.176. The lowest BCUT2D eigenvalue weighted by atomic mass is 9.96.